The molecule has 28 heteroatoms. The van der Waals surface area contributed by atoms with Gasteiger partial charge in [0.25, 0.3) is 0 Å². The molecule has 0 saturated carbocycles. The Bertz CT molecular complexity index is 1950. The van der Waals surface area contributed by atoms with Gasteiger partial charge in [-0.05, 0) is 83.1 Å². The maximum absolute atomic E-state index is 13.3. The van der Waals surface area contributed by atoms with E-state index >= 15 is 0 Å². The predicted octanol–water partition coefficient (Wildman–Crippen LogP) is -0.626. The average molecular weight is 989 g/mol. The number of hydrogen-bond donors (Lipinski definition) is 8. The monoisotopic (exact) mass is 989 g/mol. The van der Waals surface area contributed by atoms with Gasteiger partial charge in [0, 0.05) is 26.2 Å². The normalized spacial score (nSPS) is 15.0. The summed E-state index contributed by atoms with van der Waals surface area (Å²) in [7, 11) is 0. The van der Waals surface area contributed by atoms with Gasteiger partial charge in [0.15, 0.2) is 0 Å². The lowest BCUT2D eigenvalue weighted by atomic mass is 10.1. The first-order valence-electron chi connectivity index (χ1n) is 22.2. The molecule has 70 heavy (non-hydrogen) atoms. The number of ether oxygens (including phenoxy) is 4. The molecule has 12 N–H and O–H groups in total. The number of piperazine rings is 1. The zero-order valence-corrected chi connectivity index (χ0v) is 41.8. The molecule has 0 unspecified atom stereocenters. The minimum atomic E-state index is -1.38. The topological polar surface area (TPSA) is 409 Å². The van der Waals surface area contributed by atoms with E-state index in [4.69, 9.17) is 41.9 Å². The lowest BCUT2D eigenvalue weighted by molar-refractivity contribution is -0.157. The summed E-state index contributed by atoms with van der Waals surface area (Å²) in [6.45, 7) is 20.1. The van der Waals surface area contributed by atoms with Crippen LogP contribution in [0.25, 0.3) is 0 Å². The fraction of sp³-hybridized carbons (Fsp3) is 0.667. The first-order valence-corrected chi connectivity index (χ1v) is 22.2. The van der Waals surface area contributed by atoms with Crippen molar-refractivity contribution >= 4 is 83.2 Å². The van der Waals surface area contributed by atoms with Crippen molar-refractivity contribution < 1.29 is 57.3 Å². The second kappa shape index (κ2) is 23.3. The lowest BCUT2D eigenvalue weighted by Crippen LogP contribution is -2.48. The Kier molecular flexibility index (Phi) is 18.9. The van der Waals surface area contributed by atoms with Crippen molar-refractivity contribution in [3.05, 3.63) is 0 Å². The maximum atomic E-state index is 13.3. The Balaban J connectivity index is 2.12. The van der Waals surface area contributed by atoms with Gasteiger partial charge >= 0.3 is 23.9 Å². The number of anilines is 6. The third kappa shape index (κ3) is 20.4. The molecule has 2 aromatic rings. The molecule has 388 valence electrons. The smallest absolute Gasteiger partial charge is 0.329 e. The highest BCUT2D eigenvalue weighted by atomic mass is 16.6. The van der Waals surface area contributed by atoms with Crippen LogP contribution >= 0.6 is 0 Å². The summed E-state index contributed by atoms with van der Waals surface area (Å²) in [5, 5.41) is 11.2. The van der Waals surface area contributed by atoms with Crippen LogP contribution in [0.1, 0.15) is 109 Å². The second-order valence-corrected chi connectivity index (χ2v) is 20.1. The molecule has 0 spiro atoms. The Hall–Kier alpha value is -7.42. The highest BCUT2D eigenvalue weighted by Crippen LogP contribution is 2.24. The molecule has 1 aliphatic heterocycles. The van der Waals surface area contributed by atoms with E-state index in [9.17, 15) is 38.4 Å². The standard InChI is InChI=1S/C42H68N16O12/c1-39(2,3)67-29(63)21(17-25(43)59)47-33-51-34(48-22(18-26(44)60)30(64)68-40(4,5)6)54-37(53-33)57-13-15-58(16-14-57)38-55-35(49-23(19-27(45)61)31(65)69-41(7,8)9)52-36(56-38)50-24(20-28(46)62)32(66)70-42(10,11)12/h21-24H,13-20H2,1-12H3,(H2,43,59)(H2,44,60)(H2,45,61)(H2,46,62)(H2,47,48,51,53,54)(H2,49,50,52,55,56)/t21-,22-,23-,24-/m0/s1. The number of amides is 4. The number of aromatic nitrogens is 6. The average Bonchev–Trinajstić information content (AvgIpc) is 3.16. The number of nitrogens with two attached hydrogens (primary N) is 4. The molecule has 2 aromatic heterocycles. The molecule has 1 aliphatic rings. The van der Waals surface area contributed by atoms with Crippen molar-refractivity contribution in [2.24, 2.45) is 22.9 Å². The fourth-order valence-electron chi connectivity index (χ4n) is 6.07. The number of primary amides is 4. The molecule has 1 fully saturated rings. The first-order chi connectivity index (χ1) is 32.0. The van der Waals surface area contributed by atoms with Gasteiger partial charge in [0.1, 0.15) is 46.6 Å². The van der Waals surface area contributed by atoms with Gasteiger partial charge in [0.05, 0.1) is 25.7 Å². The summed E-state index contributed by atoms with van der Waals surface area (Å²) in [6.07, 6.45) is -2.11. The molecule has 0 aliphatic carbocycles. The van der Waals surface area contributed by atoms with E-state index < -0.39 is 120 Å². The molecular formula is C42H68N16O12. The Morgan fingerprint density at radius 2 is 0.586 bits per heavy atom. The van der Waals surface area contributed by atoms with Gasteiger partial charge in [-0.1, -0.05) is 0 Å². The van der Waals surface area contributed by atoms with E-state index in [2.05, 4.69) is 51.2 Å². The largest absolute Gasteiger partial charge is 0.458 e. The van der Waals surface area contributed by atoms with Gasteiger partial charge in [-0.15, -0.1) is 0 Å². The van der Waals surface area contributed by atoms with E-state index in [1.165, 1.54) is 0 Å². The molecule has 28 nitrogen and oxygen atoms in total. The minimum absolute atomic E-state index is 0.0117. The Morgan fingerprint density at radius 1 is 0.400 bits per heavy atom. The van der Waals surface area contributed by atoms with Gasteiger partial charge in [-0.25, -0.2) is 19.2 Å². The number of carbonyl (C=O) groups excluding carboxylic acids is 8. The van der Waals surface area contributed by atoms with Gasteiger partial charge in [-0.2, -0.15) is 29.9 Å². The molecule has 0 radical (unpaired) electrons. The van der Waals surface area contributed by atoms with Gasteiger partial charge in [0.2, 0.25) is 59.3 Å². The minimum Gasteiger partial charge on any atom is -0.458 e. The van der Waals surface area contributed by atoms with Gasteiger partial charge < -0.3 is 72.9 Å². The molecule has 1 saturated heterocycles. The quantitative estimate of drug-likeness (QED) is 0.0538. The lowest BCUT2D eigenvalue weighted by Gasteiger charge is -2.35. The second-order valence-electron chi connectivity index (χ2n) is 20.1. The van der Waals surface area contributed by atoms with Crippen molar-refractivity contribution in [3.63, 3.8) is 0 Å². The number of carbonyl (C=O) groups is 8. The van der Waals surface area contributed by atoms with Crippen LogP contribution in [0, 0.1) is 0 Å². The first kappa shape index (κ1) is 56.9. The van der Waals surface area contributed by atoms with Crippen molar-refractivity contribution in [3.8, 4) is 0 Å². The zero-order valence-electron chi connectivity index (χ0n) is 41.8. The highest BCUT2D eigenvalue weighted by molar-refractivity contribution is 5.89. The number of rotatable bonds is 22. The molecule has 3 rings (SSSR count). The molecule has 0 aromatic carbocycles. The van der Waals surface area contributed by atoms with E-state index in [0.29, 0.717) is 0 Å². The summed E-state index contributed by atoms with van der Waals surface area (Å²) in [4.78, 5) is 132. The molecule has 0 bridgehead atoms. The molecular weight excluding hydrogens is 921 g/mol. The highest BCUT2D eigenvalue weighted by Gasteiger charge is 2.34. The molecule has 3 heterocycles. The van der Waals surface area contributed by atoms with Gasteiger partial charge in [-0.3, -0.25) is 19.2 Å². The number of nitrogens with one attached hydrogen (secondary N) is 4. The van der Waals surface area contributed by atoms with E-state index in [1.807, 2.05) is 0 Å². The summed E-state index contributed by atoms with van der Waals surface area (Å²) in [5.41, 5.74) is 18.1. The van der Waals surface area contributed by atoms with E-state index in [-0.39, 0.29) is 61.9 Å². The fourth-order valence-corrected chi connectivity index (χ4v) is 6.07. The van der Waals surface area contributed by atoms with Crippen molar-refractivity contribution in [1.29, 1.82) is 0 Å². The zero-order chi connectivity index (χ0) is 53.1. The molecule has 4 atom stereocenters. The summed E-state index contributed by atoms with van der Waals surface area (Å²) in [5.74, 6) is -7.88. The van der Waals surface area contributed by atoms with Crippen molar-refractivity contribution in [2.45, 2.75) is 155 Å². The summed E-state index contributed by atoms with van der Waals surface area (Å²) in [6, 6.07) is -5.52. The van der Waals surface area contributed by atoms with Crippen molar-refractivity contribution in [1.82, 2.24) is 29.9 Å². The van der Waals surface area contributed by atoms with Crippen LogP contribution in [0.4, 0.5) is 35.7 Å². The van der Waals surface area contributed by atoms with Crippen LogP contribution in [0.3, 0.4) is 0 Å². The summed E-state index contributed by atoms with van der Waals surface area (Å²) < 4.78 is 22.0. The van der Waals surface area contributed by atoms with E-state index in [0.717, 1.165) is 0 Å². The summed E-state index contributed by atoms with van der Waals surface area (Å²) >= 11 is 0. The third-order valence-corrected chi connectivity index (χ3v) is 8.69. The predicted molar refractivity (Wildman–Crippen MR) is 252 cm³/mol. The van der Waals surface area contributed by atoms with Crippen LogP contribution in [-0.2, 0) is 57.3 Å². The number of hydrogen-bond acceptors (Lipinski definition) is 24. The maximum Gasteiger partial charge on any atom is 0.329 e. The number of esters is 4. The Labute approximate surface area is 405 Å². The van der Waals surface area contributed by atoms with Crippen molar-refractivity contribution in [2.75, 3.05) is 57.2 Å². The van der Waals surface area contributed by atoms with Crippen LogP contribution in [0.15, 0.2) is 0 Å². The van der Waals surface area contributed by atoms with Crippen LogP contribution in [0.5, 0.6) is 0 Å². The third-order valence-electron chi connectivity index (χ3n) is 8.69. The Morgan fingerprint density at radius 3 is 0.743 bits per heavy atom. The molecule has 4 amide bonds. The van der Waals surface area contributed by atoms with Crippen LogP contribution < -0.4 is 54.0 Å². The van der Waals surface area contributed by atoms with E-state index in [1.54, 1.807) is 92.9 Å². The number of nitrogens with zero attached hydrogens (tertiary/aromatic N) is 8. The van der Waals surface area contributed by atoms with Crippen LogP contribution in [0.2, 0.25) is 0 Å². The van der Waals surface area contributed by atoms with Crippen LogP contribution in [-0.4, -0.2) is 150 Å². The SMILES string of the molecule is CC(C)(C)OC(=O)[C@H](CC(N)=O)Nc1nc(N[C@@H](CC(N)=O)C(=O)OC(C)(C)C)nc(N2CCN(c3nc(N[C@@H](CC(N)=O)C(=O)OC(C)(C)C)nc(N[C@@H](CC(N)=O)C(=O)OC(C)(C)C)n3)CC2)n1.